The molecule has 0 radical (unpaired) electrons. The number of benzene rings is 2. The van der Waals surface area contributed by atoms with Crippen LogP contribution in [-0.4, -0.2) is 30.1 Å². The number of anilines is 1. The second-order valence-electron chi connectivity index (χ2n) is 5.41. The highest BCUT2D eigenvalue weighted by molar-refractivity contribution is 5.96. The van der Waals surface area contributed by atoms with Crippen LogP contribution in [0.2, 0.25) is 0 Å². The Morgan fingerprint density at radius 2 is 2.00 bits per heavy atom. The fourth-order valence-corrected chi connectivity index (χ4v) is 2.57. The van der Waals surface area contributed by atoms with E-state index in [1.54, 1.807) is 29.2 Å². The SMILES string of the molecule is CC1CN(C(=O)COc2ccccc2[N+](=O)[O-])c2ccccc2O1. The molecule has 0 N–H and O–H groups in total. The maximum atomic E-state index is 12.5. The van der Waals surface area contributed by atoms with Crippen LogP contribution >= 0.6 is 0 Å². The molecule has 0 saturated heterocycles. The Hall–Kier alpha value is -3.09. The predicted molar refractivity (Wildman–Crippen MR) is 87.5 cm³/mol. The van der Waals surface area contributed by atoms with E-state index in [-0.39, 0.29) is 30.1 Å². The van der Waals surface area contributed by atoms with E-state index in [1.807, 2.05) is 19.1 Å². The van der Waals surface area contributed by atoms with Gasteiger partial charge in [0, 0.05) is 6.07 Å². The number of amides is 1. The molecule has 2 aromatic rings. The van der Waals surface area contributed by atoms with Crippen molar-refractivity contribution in [3.05, 3.63) is 58.6 Å². The van der Waals surface area contributed by atoms with Gasteiger partial charge < -0.3 is 14.4 Å². The third-order valence-electron chi connectivity index (χ3n) is 3.64. The minimum Gasteiger partial charge on any atom is -0.487 e. The van der Waals surface area contributed by atoms with Gasteiger partial charge in [-0.25, -0.2) is 0 Å². The number of carbonyl (C=O) groups is 1. The van der Waals surface area contributed by atoms with Crippen molar-refractivity contribution in [1.82, 2.24) is 0 Å². The molecule has 1 heterocycles. The second-order valence-corrected chi connectivity index (χ2v) is 5.41. The Morgan fingerprint density at radius 1 is 1.29 bits per heavy atom. The lowest BCUT2D eigenvalue weighted by Crippen LogP contribution is -2.44. The smallest absolute Gasteiger partial charge is 0.310 e. The lowest BCUT2D eigenvalue weighted by atomic mass is 10.2. The van der Waals surface area contributed by atoms with Crippen molar-refractivity contribution in [3.63, 3.8) is 0 Å². The molecule has 1 atom stereocenters. The minimum absolute atomic E-state index is 0.0745. The van der Waals surface area contributed by atoms with Gasteiger partial charge in [0.15, 0.2) is 12.4 Å². The summed E-state index contributed by atoms with van der Waals surface area (Å²) in [6.07, 6.45) is -0.144. The lowest BCUT2D eigenvalue weighted by Gasteiger charge is -2.33. The Morgan fingerprint density at radius 3 is 2.79 bits per heavy atom. The first-order valence-electron chi connectivity index (χ1n) is 7.48. The minimum atomic E-state index is -0.536. The van der Waals surface area contributed by atoms with Crippen LogP contribution in [0.3, 0.4) is 0 Å². The number of hydrogen-bond donors (Lipinski definition) is 0. The summed E-state index contributed by atoms with van der Waals surface area (Å²) >= 11 is 0. The molecule has 0 saturated carbocycles. The van der Waals surface area contributed by atoms with Crippen molar-refractivity contribution in [2.24, 2.45) is 0 Å². The van der Waals surface area contributed by atoms with E-state index in [4.69, 9.17) is 9.47 Å². The van der Waals surface area contributed by atoms with Gasteiger partial charge in [-0.05, 0) is 25.1 Å². The average molecular weight is 328 g/mol. The van der Waals surface area contributed by atoms with E-state index in [1.165, 1.54) is 12.1 Å². The van der Waals surface area contributed by atoms with Gasteiger partial charge in [-0.15, -0.1) is 0 Å². The molecule has 2 aromatic carbocycles. The monoisotopic (exact) mass is 328 g/mol. The normalized spacial score (nSPS) is 16.0. The molecule has 124 valence electrons. The fourth-order valence-electron chi connectivity index (χ4n) is 2.57. The molecule has 1 aliphatic heterocycles. The molecule has 24 heavy (non-hydrogen) atoms. The van der Waals surface area contributed by atoms with E-state index >= 15 is 0 Å². The molecule has 1 aliphatic rings. The molecule has 7 heteroatoms. The quantitative estimate of drug-likeness (QED) is 0.637. The third kappa shape index (κ3) is 3.15. The molecule has 0 fully saturated rings. The zero-order chi connectivity index (χ0) is 17.1. The van der Waals surface area contributed by atoms with Crippen molar-refractivity contribution in [3.8, 4) is 11.5 Å². The summed E-state index contributed by atoms with van der Waals surface area (Å²) in [5.41, 5.74) is 0.507. The molecule has 1 amide bonds. The summed E-state index contributed by atoms with van der Waals surface area (Å²) in [6, 6.07) is 13.2. The molecule has 0 aromatic heterocycles. The molecule has 1 unspecified atom stereocenters. The van der Waals surface area contributed by atoms with Crippen molar-refractivity contribution in [2.75, 3.05) is 18.1 Å². The van der Waals surface area contributed by atoms with Gasteiger partial charge in [-0.1, -0.05) is 24.3 Å². The maximum absolute atomic E-state index is 12.5. The van der Waals surface area contributed by atoms with Crippen molar-refractivity contribution in [2.45, 2.75) is 13.0 Å². The van der Waals surface area contributed by atoms with Gasteiger partial charge in [0.25, 0.3) is 5.91 Å². The summed E-state index contributed by atoms with van der Waals surface area (Å²) < 4.78 is 11.1. The van der Waals surface area contributed by atoms with Gasteiger partial charge in [0.05, 0.1) is 17.2 Å². The highest BCUT2D eigenvalue weighted by Gasteiger charge is 2.28. The molecular formula is C17H16N2O5. The maximum Gasteiger partial charge on any atom is 0.310 e. The number of fused-ring (bicyclic) bond motifs is 1. The first kappa shape index (κ1) is 15.8. The third-order valence-corrected chi connectivity index (χ3v) is 3.64. The van der Waals surface area contributed by atoms with Crippen LogP contribution in [-0.2, 0) is 4.79 Å². The summed E-state index contributed by atoms with van der Waals surface area (Å²) in [5.74, 6) is 0.427. The van der Waals surface area contributed by atoms with Crippen LogP contribution in [0, 0.1) is 10.1 Å². The van der Waals surface area contributed by atoms with Crippen molar-refractivity contribution in [1.29, 1.82) is 0 Å². The zero-order valence-corrected chi connectivity index (χ0v) is 13.0. The standard InChI is InChI=1S/C17H16N2O5/c1-12-10-18(13-6-2-5-9-16(13)24-12)17(20)11-23-15-8-4-3-7-14(15)19(21)22/h2-9,12H,10-11H2,1H3. The molecule has 0 bridgehead atoms. The fraction of sp³-hybridized carbons (Fsp3) is 0.235. The number of para-hydroxylation sites is 4. The largest absolute Gasteiger partial charge is 0.487 e. The highest BCUT2D eigenvalue weighted by Crippen LogP contribution is 2.33. The number of ether oxygens (including phenoxy) is 2. The topological polar surface area (TPSA) is 81.9 Å². The van der Waals surface area contributed by atoms with Gasteiger partial charge in [-0.3, -0.25) is 14.9 Å². The van der Waals surface area contributed by atoms with Crippen LogP contribution < -0.4 is 14.4 Å². The molecule has 0 spiro atoms. The lowest BCUT2D eigenvalue weighted by molar-refractivity contribution is -0.385. The number of nitro groups is 1. The van der Waals surface area contributed by atoms with Gasteiger partial charge in [-0.2, -0.15) is 0 Å². The van der Waals surface area contributed by atoms with Gasteiger partial charge in [0.1, 0.15) is 11.9 Å². The van der Waals surface area contributed by atoms with E-state index in [0.29, 0.717) is 18.0 Å². The van der Waals surface area contributed by atoms with E-state index in [9.17, 15) is 14.9 Å². The second kappa shape index (κ2) is 6.57. The summed E-state index contributed by atoms with van der Waals surface area (Å²) in [5, 5.41) is 11.0. The molecule has 3 rings (SSSR count). The molecule has 7 nitrogen and oxygen atoms in total. The van der Waals surface area contributed by atoms with E-state index < -0.39 is 4.92 Å². The molecule has 0 aliphatic carbocycles. The van der Waals surface area contributed by atoms with Crippen LogP contribution in [0.5, 0.6) is 11.5 Å². The van der Waals surface area contributed by atoms with Gasteiger partial charge in [0.2, 0.25) is 0 Å². The zero-order valence-electron chi connectivity index (χ0n) is 13.0. The van der Waals surface area contributed by atoms with Crippen LogP contribution in [0.25, 0.3) is 0 Å². The Bertz CT molecular complexity index is 777. The number of rotatable bonds is 4. The average Bonchev–Trinajstić information content (AvgIpc) is 2.59. The number of nitro benzene ring substituents is 1. The van der Waals surface area contributed by atoms with E-state index in [0.717, 1.165) is 0 Å². The van der Waals surface area contributed by atoms with Crippen molar-refractivity contribution < 1.29 is 19.2 Å². The van der Waals surface area contributed by atoms with Crippen LogP contribution in [0.1, 0.15) is 6.92 Å². The van der Waals surface area contributed by atoms with E-state index in [2.05, 4.69) is 0 Å². The van der Waals surface area contributed by atoms with Gasteiger partial charge >= 0.3 is 5.69 Å². The number of nitrogens with zero attached hydrogens (tertiary/aromatic N) is 2. The number of hydrogen-bond acceptors (Lipinski definition) is 5. The number of carbonyl (C=O) groups excluding carboxylic acids is 1. The van der Waals surface area contributed by atoms with Crippen molar-refractivity contribution >= 4 is 17.3 Å². The first-order chi connectivity index (χ1) is 11.6. The van der Waals surface area contributed by atoms with Crippen LogP contribution in [0.15, 0.2) is 48.5 Å². The Labute approximate surface area is 138 Å². The highest BCUT2D eigenvalue weighted by atomic mass is 16.6. The molecular weight excluding hydrogens is 312 g/mol. The van der Waals surface area contributed by atoms with Crippen LogP contribution in [0.4, 0.5) is 11.4 Å². The predicted octanol–water partition coefficient (Wildman–Crippen LogP) is 2.79. The Balaban J connectivity index is 1.76. The first-order valence-corrected chi connectivity index (χ1v) is 7.48. The summed E-state index contributed by atoms with van der Waals surface area (Å²) in [7, 11) is 0. The summed E-state index contributed by atoms with van der Waals surface area (Å²) in [4.78, 5) is 24.6. The summed E-state index contributed by atoms with van der Waals surface area (Å²) in [6.45, 7) is 1.99. The Kier molecular flexibility index (Phi) is 4.33.